The number of hydrogen-bond acceptors (Lipinski definition) is 12. The average Bonchev–Trinajstić information content (AvgIpc) is 3.26. The van der Waals surface area contributed by atoms with Crippen LogP contribution in [0.3, 0.4) is 0 Å². The second-order valence-electron chi connectivity index (χ2n) is 15.7. The number of nitrogens with one attached hydrogen (secondary N) is 4. The van der Waals surface area contributed by atoms with Crippen LogP contribution in [0.25, 0.3) is 22.3 Å². The number of amides is 4. The van der Waals surface area contributed by atoms with Gasteiger partial charge >= 0.3 is 22.5 Å². The van der Waals surface area contributed by atoms with Crippen LogP contribution in [-0.4, -0.2) is 56.6 Å². The minimum absolute atomic E-state index is 0.0654. The molecule has 361 valence electrons. The van der Waals surface area contributed by atoms with Crippen LogP contribution >= 0.6 is 0 Å². The second-order valence-corrected chi connectivity index (χ2v) is 15.9. The molecule has 2 aromatic heterocycles. The summed E-state index contributed by atoms with van der Waals surface area (Å²) in [6.45, 7) is 10.9. The molecule has 0 fully saturated rings. The first kappa shape index (κ1) is 53.7. The van der Waals surface area contributed by atoms with Crippen molar-refractivity contribution >= 4 is 52.4 Å². The molecule has 0 aliphatic rings. The number of Topliss-reactive ketones (excluding diaryl/α,β-unsaturated/α-hetero) is 1. The van der Waals surface area contributed by atoms with Crippen molar-refractivity contribution in [2.24, 2.45) is 0 Å². The van der Waals surface area contributed by atoms with E-state index in [1.54, 1.807) is 68.6 Å². The van der Waals surface area contributed by atoms with Crippen LogP contribution in [-0.2, 0) is 32.1 Å². The summed E-state index contributed by atoms with van der Waals surface area (Å²) < 4.78 is 70.3. The van der Waals surface area contributed by atoms with Gasteiger partial charge in [0.15, 0.2) is 6.10 Å². The van der Waals surface area contributed by atoms with E-state index >= 15 is 0 Å². The third-order valence-electron chi connectivity index (χ3n) is 9.55. The molecule has 4 amide bonds. The molecular weight excluding hydrogens is 948 g/mol. The Morgan fingerprint density at radius 3 is 1.38 bits per heavy atom. The summed E-state index contributed by atoms with van der Waals surface area (Å²) in [5.41, 5.74) is 16.6. The predicted molar refractivity (Wildman–Crippen MR) is 243 cm³/mol. The molecule has 6 aromatic rings. The predicted octanol–water partition coefficient (Wildman–Crippen LogP) is 7.36. The third kappa shape index (κ3) is 15.1. The fourth-order valence-corrected chi connectivity index (χ4v) is 6.52. The molecule has 1 unspecified atom stereocenters. The van der Waals surface area contributed by atoms with Gasteiger partial charge in [-0.05, 0) is 130 Å². The maximum atomic E-state index is 13.4. The molecule has 2 heterocycles. The van der Waals surface area contributed by atoms with Crippen LogP contribution in [0, 0.1) is 37.1 Å². The number of halogens is 4. The van der Waals surface area contributed by atoms with Gasteiger partial charge in [-0.3, -0.25) is 24.0 Å². The van der Waals surface area contributed by atoms with Gasteiger partial charge in [0, 0.05) is 64.7 Å². The van der Waals surface area contributed by atoms with Gasteiger partial charge in [-0.2, -0.15) is 0 Å². The Morgan fingerprint density at radius 2 is 0.986 bits per heavy atom. The molecule has 21 heteroatoms. The van der Waals surface area contributed by atoms with E-state index in [4.69, 9.17) is 19.1 Å². The van der Waals surface area contributed by atoms with Gasteiger partial charge < -0.3 is 37.8 Å². The first-order valence-corrected chi connectivity index (χ1v) is 21.5. The molecule has 0 aliphatic carbocycles. The number of nitrogens with zero attached hydrogens (tertiary/aromatic N) is 2. The number of aryl methyl sites for hydroxylation is 2. The van der Waals surface area contributed by atoms with Gasteiger partial charge in [0.1, 0.15) is 34.9 Å². The fourth-order valence-electron chi connectivity index (χ4n) is 6.52. The topological polar surface area (TPSA) is 266 Å². The van der Waals surface area contributed by atoms with Crippen molar-refractivity contribution in [3.8, 4) is 22.3 Å². The number of carbonyl (C=O) groups is 5. The summed E-state index contributed by atoms with van der Waals surface area (Å²) in [7, 11) is 0. The van der Waals surface area contributed by atoms with Gasteiger partial charge in [-0.1, -0.05) is 12.1 Å². The number of anilines is 4. The Morgan fingerprint density at radius 1 is 0.594 bits per heavy atom. The molecule has 9 N–H and O–H groups in total. The number of rotatable bonds is 12. The van der Waals surface area contributed by atoms with Crippen LogP contribution in [0.4, 0.5) is 40.6 Å². The standard InChI is InChI=1S/C24H24F2N4O3.C24H22F2N4O3.Mn.2O/c2*1-12(2)29-23(32)20-9-15(11-28-22(20)27)19-5-4-18(6-13(19)3)30-24(33)21(31)14-7-16(25)10-17(26)8-14;;;/h4-12,21,31H,1-3H3,(H2,27,28)(H,29,32)(H,30,33);4-12H,1-3H3,(H2,27,28)(H,29,32)(H,30,33);;;. The SMILES string of the molecule is Cc1cc(NC(=O)C(=O)c2cc(F)cc(F)c2)ccc1-c1cnc(N)c(C(=O)NC(C)C)c1.Cc1cc(NC(=O)C(O)c2cc(F)cc(F)c2)ccc1-c1cnc(N)c(C(=O)NC(C)C)c1.[O]=[Mn]=[O]. The zero-order valence-electron chi connectivity index (χ0n) is 37.7. The van der Waals surface area contributed by atoms with Crippen molar-refractivity contribution in [1.82, 2.24) is 20.6 Å². The average molecular weight is 994 g/mol. The van der Waals surface area contributed by atoms with Gasteiger partial charge in [0.25, 0.3) is 29.4 Å². The van der Waals surface area contributed by atoms with E-state index in [-0.39, 0.29) is 52.2 Å². The van der Waals surface area contributed by atoms with Crippen LogP contribution in [0.15, 0.2) is 97.3 Å². The molecule has 0 spiro atoms. The number of aromatic nitrogens is 2. The Balaban J connectivity index is 0.000000284. The number of ketones is 1. The van der Waals surface area contributed by atoms with E-state index in [1.165, 1.54) is 6.20 Å². The van der Waals surface area contributed by atoms with Gasteiger partial charge in [0.05, 0.1) is 11.1 Å². The number of benzene rings is 4. The van der Waals surface area contributed by atoms with Crippen LogP contribution in [0.2, 0.25) is 0 Å². The number of carbonyl (C=O) groups excluding carboxylic acids is 5. The molecule has 1 atom stereocenters. The van der Waals surface area contributed by atoms with Crippen molar-refractivity contribution in [3.63, 3.8) is 0 Å². The van der Waals surface area contributed by atoms with E-state index < -0.39 is 67.4 Å². The van der Waals surface area contributed by atoms with E-state index in [1.807, 2.05) is 27.7 Å². The zero-order chi connectivity index (χ0) is 51.3. The fraction of sp³-hybridized carbons (Fsp3) is 0.188. The van der Waals surface area contributed by atoms with Crippen LogP contribution in [0.1, 0.15) is 81.6 Å². The van der Waals surface area contributed by atoms with E-state index in [0.717, 1.165) is 46.5 Å². The molecule has 0 saturated heterocycles. The van der Waals surface area contributed by atoms with Crippen molar-refractivity contribution in [3.05, 3.63) is 154 Å². The Hall–Kier alpha value is -7.87. The number of nitrogen functional groups attached to an aromatic ring is 2. The molecule has 0 radical (unpaired) electrons. The van der Waals surface area contributed by atoms with E-state index in [2.05, 4.69) is 31.2 Å². The molecule has 0 aliphatic heterocycles. The number of aliphatic hydroxyl groups excluding tert-OH is 1. The molecular formula is C48H46F4MnN8O8. The number of pyridine rings is 2. The normalized spacial score (nSPS) is 11.0. The monoisotopic (exact) mass is 993 g/mol. The Labute approximate surface area is 398 Å². The number of hydrogen-bond donors (Lipinski definition) is 7. The summed E-state index contributed by atoms with van der Waals surface area (Å²) in [4.78, 5) is 69.9. The molecule has 4 aromatic carbocycles. The molecule has 0 saturated carbocycles. The van der Waals surface area contributed by atoms with Gasteiger partial charge in [-0.25, -0.2) is 27.5 Å². The Kier molecular flexibility index (Phi) is 18.9. The molecule has 16 nitrogen and oxygen atoms in total. The molecule has 69 heavy (non-hydrogen) atoms. The molecule has 6 rings (SSSR count). The van der Waals surface area contributed by atoms with E-state index in [0.29, 0.717) is 34.6 Å². The summed E-state index contributed by atoms with van der Waals surface area (Å²) in [5, 5.41) is 20.7. The first-order chi connectivity index (χ1) is 32.5. The van der Waals surface area contributed by atoms with Crippen molar-refractivity contribution < 1.29 is 69.1 Å². The van der Waals surface area contributed by atoms with Crippen LogP contribution in [0.5, 0.6) is 0 Å². The second kappa shape index (κ2) is 24.2. The van der Waals surface area contributed by atoms with Crippen molar-refractivity contribution in [2.45, 2.75) is 59.7 Å². The van der Waals surface area contributed by atoms with Crippen molar-refractivity contribution in [1.29, 1.82) is 0 Å². The minimum atomic E-state index is -1.75. The third-order valence-corrected chi connectivity index (χ3v) is 9.55. The maximum absolute atomic E-state index is 13.4. The number of nitrogens with two attached hydrogens (primary N) is 2. The summed E-state index contributed by atoms with van der Waals surface area (Å²) >= 11 is -1.44. The quantitative estimate of drug-likeness (QED) is 0.0274. The first-order valence-electron chi connectivity index (χ1n) is 20.5. The molecule has 0 bridgehead atoms. The van der Waals surface area contributed by atoms with Crippen molar-refractivity contribution in [2.75, 3.05) is 22.1 Å². The summed E-state index contributed by atoms with van der Waals surface area (Å²) in [5.74, 6) is -7.10. The number of aliphatic hydroxyl groups is 1. The van der Waals surface area contributed by atoms with Gasteiger partial charge in [-0.15, -0.1) is 0 Å². The summed E-state index contributed by atoms with van der Waals surface area (Å²) in [6, 6.07) is 17.6. The Bertz CT molecular complexity index is 2930. The summed E-state index contributed by atoms with van der Waals surface area (Å²) in [6.07, 6.45) is 1.33. The zero-order valence-corrected chi connectivity index (χ0v) is 38.9. The van der Waals surface area contributed by atoms with Crippen LogP contribution < -0.4 is 32.7 Å². The van der Waals surface area contributed by atoms with E-state index in [9.17, 15) is 46.6 Å². The van der Waals surface area contributed by atoms with Gasteiger partial charge in [0.2, 0.25) is 0 Å².